The van der Waals surface area contributed by atoms with Gasteiger partial charge in [-0.2, -0.15) is 0 Å². The number of pyridine rings is 1. The van der Waals surface area contributed by atoms with E-state index >= 15 is 0 Å². The Kier molecular flexibility index (Phi) is 5.83. The first kappa shape index (κ1) is 21.8. The second-order valence-electron chi connectivity index (χ2n) is 8.36. The van der Waals surface area contributed by atoms with E-state index in [4.69, 9.17) is 20.4 Å². The Bertz CT molecular complexity index is 1030. The Morgan fingerprint density at radius 1 is 1.47 bits per heavy atom. The van der Waals surface area contributed by atoms with Crippen molar-refractivity contribution in [3.63, 3.8) is 0 Å². The van der Waals surface area contributed by atoms with Gasteiger partial charge in [0.2, 0.25) is 0 Å². The molecule has 5 heterocycles. The van der Waals surface area contributed by atoms with Gasteiger partial charge in [0.25, 0.3) is 18.3 Å². The SMILES string of the molecule is Cc1ncc(C(=O)NC[C@H]2[C@H]3CN(C(=O)c4cccc(N)n4)C[C@]34CC[C@H]2O4)[nH]1.O=CO. The minimum absolute atomic E-state index is 0.121. The van der Waals surface area contributed by atoms with Gasteiger partial charge >= 0.3 is 0 Å². The Morgan fingerprint density at radius 3 is 2.94 bits per heavy atom. The quantitative estimate of drug-likeness (QED) is 0.496. The molecule has 4 atom stereocenters. The number of nitrogen functional groups attached to an aromatic ring is 1. The molecule has 0 radical (unpaired) electrons. The fourth-order valence-electron chi connectivity index (χ4n) is 5.19. The lowest BCUT2D eigenvalue weighted by atomic mass is 9.73. The molecule has 3 saturated heterocycles. The van der Waals surface area contributed by atoms with Crippen molar-refractivity contribution in [2.24, 2.45) is 11.8 Å². The number of nitrogens with zero attached hydrogens (tertiary/aromatic N) is 3. The number of hydrogen-bond acceptors (Lipinski definition) is 7. The zero-order valence-corrected chi connectivity index (χ0v) is 17.7. The Labute approximate surface area is 184 Å². The van der Waals surface area contributed by atoms with Gasteiger partial charge < -0.3 is 30.8 Å². The van der Waals surface area contributed by atoms with Crippen molar-refractivity contribution in [1.82, 2.24) is 25.2 Å². The third-order valence-corrected chi connectivity index (χ3v) is 6.51. The van der Waals surface area contributed by atoms with Crippen molar-refractivity contribution < 1.29 is 24.2 Å². The molecule has 3 aliphatic rings. The van der Waals surface area contributed by atoms with Crippen LogP contribution in [0.5, 0.6) is 0 Å². The minimum Gasteiger partial charge on any atom is -0.483 e. The van der Waals surface area contributed by atoms with Crippen molar-refractivity contribution >= 4 is 24.1 Å². The van der Waals surface area contributed by atoms with Crippen molar-refractivity contribution in [3.8, 4) is 0 Å². The highest BCUT2D eigenvalue weighted by molar-refractivity contribution is 5.93. The number of H-pyrrole nitrogens is 1. The van der Waals surface area contributed by atoms with Gasteiger partial charge in [0.15, 0.2) is 0 Å². The Morgan fingerprint density at radius 2 is 2.25 bits per heavy atom. The molecule has 5 N–H and O–H groups in total. The lowest BCUT2D eigenvalue weighted by Gasteiger charge is -2.29. The van der Waals surface area contributed by atoms with Crippen molar-refractivity contribution in [2.45, 2.75) is 31.5 Å². The van der Waals surface area contributed by atoms with Gasteiger partial charge in [-0.3, -0.25) is 14.4 Å². The summed E-state index contributed by atoms with van der Waals surface area (Å²) in [4.78, 5) is 46.7. The van der Waals surface area contributed by atoms with Gasteiger partial charge in [-0.05, 0) is 31.9 Å². The first-order valence-electron chi connectivity index (χ1n) is 10.4. The first-order valence-corrected chi connectivity index (χ1v) is 10.4. The maximum absolute atomic E-state index is 12.9. The van der Waals surface area contributed by atoms with E-state index in [1.165, 1.54) is 6.20 Å². The van der Waals surface area contributed by atoms with Crippen molar-refractivity contribution in [2.75, 3.05) is 25.4 Å². The van der Waals surface area contributed by atoms with Crippen LogP contribution in [0.25, 0.3) is 0 Å². The third kappa shape index (κ3) is 3.91. The average Bonchev–Trinajstić information content (AvgIpc) is 3.52. The summed E-state index contributed by atoms with van der Waals surface area (Å²) in [6.45, 7) is 3.25. The van der Waals surface area contributed by atoms with Crippen molar-refractivity contribution in [3.05, 3.63) is 41.6 Å². The fraction of sp³-hybridized carbons (Fsp3) is 0.476. The number of imidazole rings is 1. The average molecular weight is 442 g/mol. The smallest absolute Gasteiger partial charge is 0.290 e. The summed E-state index contributed by atoms with van der Waals surface area (Å²) in [5, 5.41) is 9.90. The summed E-state index contributed by atoms with van der Waals surface area (Å²) in [6, 6.07) is 5.09. The monoisotopic (exact) mass is 442 g/mol. The molecular weight excluding hydrogens is 416 g/mol. The molecule has 3 fully saturated rings. The highest BCUT2D eigenvalue weighted by atomic mass is 16.5. The number of ether oxygens (including phenoxy) is 1. The van der Waals surface area contributed by atoms with Crippen LogP contribution < -0.4 is 11.1 Å². The molecule has 2 amide bonds. The highest BCUT2D eigenvalue weighted by Gasteiger charge is 2.63. The van der Waals surface area contributed by atoms with Gasteiger partial charge in [-0.25, -0.2) is 9.97 Å². The molecule has 2 bridgehead atoms. The molecule has 5 rings (SSSR count). The van der Waals surface area contributed by atoms with E-state index in [1.807, 2.05) is 11.8 Å². The highest BCUT2D eigenvalue weighted by Crippen LogP contribution is 2.54. The Hall–Kier alpha value is -3.47. The zero-order valence-electron chi connectivity index (χ0n) is 17.7. The van der Waals surface area contributed by atoms with Gasteiger partial charge in [-0.1, -0.05) is 6.07 Å². The number of rotatable bonds is 4. The second kappa shape index (κ2) is 8.58. The van der Waals surface area contributed by atoms with E-state index in [1.54, 1.807) is 18.2 Å². The topological polar surface area (TPSA) is 164 Å². The number of hydrogen-bond donors (Lipinski definition) is 4. The molecule has 3 aliphatic heterocycles. The van der Waals surface area contributed by atoms with Crippen LogP contribution in [0.2, 0.25) is 0 Å². The molecule has 0 unspecified atom stereocenters. The molecule has 0 saturated carbocycles. The normalized spacial score (nSPS) is 27.4. The van der Waals surface area contributed by atoms with Gasteiger partial charge in [0.05, 0.1) is 24.4 Å². The number of carbonyl (C=O) groups is 3. The van der Waals surface area contributed by atoms with E-state index < -0.39 is 0 Å². The van der Waals surface area contributed by atoms with Crippen LogP contribution in [0.1, 0.15) is 39.6 Å². The molecule has 0 aromatic carbocycles. The Balaban J connectivity index is 0.000000775. The number of aromatic nitrogens is 3. The number of amides is 2. The number of anilines is 1. The minimum atomic E-state index is -0.305. The number of carbonyl (C=O) groups excluding carboxylic acids is 2. The first-order chi connectivity index (χ1) is 15.4. The molecule has 2 aromatic heterocycles. The van der Waals surface area contributed by atoms with E-state index in [9.17, 15) is 9.59 Å². The maximum Gasteiger partial charge on any atom is 0.290 e. The second-order valence-corrected chi connectivity index (χ2v) is 8.36. The number of aryl methyl sites for hydroxylation is 1. The van der Waals surface area contributed by atoms with Crippen LogP contribution in [0, 0.1) is 18.8 Å². The molecule has 0 aliphatic carbocycles. The summed E-state index contributed by atoms with van der Waals surface area (Å²) < 4.78 is 6.37. The number of likely N-dealkylation sites (tertiary alicyclic amines) is 1. The summed E-state index contributed by atoms with van der Waals surface area (Å²) in [7, 11) is 0. The fourth-order valence-corrected chi connectivity index (χ4v) is 5.19. The number of nitrogens with one attached hydrogen (secondary N) is 2. The number of carboxylic acid groups (broad SMARTS) is 1. The van der Waals surface area contributed by atoms with Crippen LogP contribution in [0.3, 0.4) is 0 Å². The predicted octanol–water partition coefficient (Wildman–Crippen LogP) is 0.446. The van der Waals surface area contributed by atoms with E-state index in [0.29, 0.717) is 42.7 Å². The van der Waals surface area contributed by atoms with Gasteiger partial charge in [0.1, 0.15) is 23.0 Å². The van der Waals surface area contributed by atoms with Gasteiger partial charge in [0, 0.05) is 24.9 Å². The number of fused-ring (bicyclic) bond motifs is 1. The summed E-state index contributed by atoms with van der Waals surface area (Å²) in [6.07, 6.45) is 3.57. The molecule has 170 valence electrons. The van der Waals surface area contributed by atoms with Crippen LogP contribution >= 0.6 is 0 Å². The van der Waals surface area contributed by atoms with Gasteiger partial charge in [-0.15, -0.1) is 0 Å². The number of nitrogens with two attached hydrogens (primary N) is 1. The standard InChI is InChI=1S/C20H24N6O3.CH2O2/c1-11-22-8-15(24-11)18(27)23-7-12-13-9-26(10-20(13)6-5-16(12)29-20)19(28)14-3-2-4-17(21)25-14;2-1-3/h2-4,8,12-13,16H,5-7,9-10H2,1H3,(H2,21,25)(H,22,24)(H,23,27);1H,(H,2,3)/t12-,13+,16+,20+;/m0./s1. The lowest BCUT2D eigenvalue weighted by molar-refractivity contribution is -0.122. The summed E-state index contributed by atoms with van der Waals surface area (Å²) >= 11 is 0. The molecule has 11 heteroatoms. The zero-order chi connectivity index (χ0) is 22.9. The molecule has 2 aromatic rings. The van der Waals surface area contributed by atoms with Crippen LogP contribution in [0.4, 0.5) is 5.82 Å². The summed E-state index contributed by atoms with van der Waals surface area (Å²) in [5.41, 5.74) is 6.24. The molecule has 11 nitrogen and oxygen atoms in total. The van der Waals surface area contributed by atoms with Crippen LogP contribution in [-0.4, -0.2) is 74.6 Å². The van der Waals surface area contributed by atoms with Crippen LogP contribution in [0.15, 0.2) is 24.4 Å². The number of aromatic amines is 1. The third-order valence-electron chi connectivity index (χ3n) is 6.51. The molecule has 32 heavy (non-hydrogen) atoms. The van der Waals surface area contributed by atoms with Crippen molar-refractivity contribution in [1.29, 1.82) is 0 Å². The predicted molar refractivity (Wildman–Crippen MR) is 113 cm³/mol. The van der Waals surface area contributed by atoms with E-state index in [2.05, 4.69) is 20.3 Å². The lowest BCUT2D eigenvalue weighted by Crippen LogP contribution is -2.42. The largest absolute Gasteiger partial charge is 0.483 e. The van der Waals surface area contributed by atoms with Crippen LogP contribution in [-0.2, 0) is 9.53 Å². The maximum atomic E-state index is 12.9. The molecular formula is C21H26N6O5. The van der Waals surface area contributed by atoms with E-state index in [-0.39, 0.29) is 41.8 Å². The van der Waals surface area contributed by atoms with E-state index in [0.717, 1.165) is 12.8 Å². The summed E-state index contributed by atoms with van der Waals surface area (Å²) in [5.74, 6) is 1.14. The molecule has 1 spiro atoms.